The molecule has 0 radical (unpaired) electrons. The van der Waals surface area contributed by atoms with Crippen LogP contribution in [-0.4, -0.2) is 61.8 Å². The van der Waals surface area contributed by atoms with Gasteiger partial charge in [-0.1, -0.05) is 30.3 Å². The van der Waals surface area contributed by atoms with E-state index in [1.807, 2.05) is 13.0 Å². The van der Waals surface area contributed by atoms with E-state index in [4.69, 9.17) is 18.9 Å². The maximum Gasteiger partial charge on any atom is 0.294 e. The number of rotatable bonds is 12. The maximum atomic E-state index is 12.9. The highest BCUT2D eigenvalue weighted by molar-refractivity contribution is 8.18. The van der Waals surface area contributed by atoms with Crippen molar-refractivity contribution >= 4 is 52.2 Å². The van der Waals surface area contributed by atoms with Gasteiger partial charge in [0.15, 0.2) is 18.1 Å². The number of hydrogen-bond acceptors (Lipinski definition) is 9. The molecule has 3 aromatic carbocycles. The standard InChI is InChI=1S/C30H29N3O8S/c1-4-40-23-12-8-6-10-21(23)32-28(35)18-41-24-14-13-19(15-25(24)39-3)16-26-29(36)33(30(37)42-26)17-27(34)31-20-9-5-7-11-22(20)38-2/h5-16H,4,17-18H2,1-3H3,(H,31,34)(H,32,35)/b26-16+. The number of imide groups is 1. The summed E-state index contributed by atoms with van der Waals surface area (Å²) in [7, 11) is 2.92. The fourth-order valence-corrected chi connectivity index (χ4v) is 4.78. The quantitative estimate of drug-likeness (QED) is 0.285. The predicted octanol–water partition coefficient (Wildman–Crippen LogP) is 4.80. The summed E-state index contributed by atoms with van der Waals surface area (Å²) in [6.45, 7) is 1.57. The number of thioether (sulfide) groups is 1. The highest BCUT2D eigenvalue weighted by Gasteiger charge is 2.36. The lowest BCUT2D eigenvalue weighted by Crippen LogP contribution is -2.36. The zero-order chi connectivity index (χ0) is 30.1. The molecule has 11 nitrogen and oxygen atoms in total. The predicted molar refractivity (Wildman–Crippen MR) is 159 cm³/mol. The summed E-state index contributed by atoms with van der Waals surface area (Å²) in [6.07, 6.45) is 1.52. The summed E-state index contributed by atoms with van der Waals surface area (Å²) in [6, 6.07) is 18.8. The Morgan fingerprint density at radius 3 is 2.14 bits per heavy atom. The summed E-state index contributed by atoms with van der Waals surface area (Å²) >= 11 is 0.728. The molecular formula is C30H29N3O8S. The molecule has 3 aromatic rings. The molecule has 1 saturated heterocycles. The van der Waals surface area contributed by atoms with E-state index in [0.29, 0.717) is 46.5 Å². The van der Waals surface area contributed by atoms with E-state index >= 15 is 0 Å². The van der Waals surface area contributed by atoms with E-state index in [0.717, 1.165) is 16.7 Å². The van der Waals surface area contributed by atoms with E-state index in [-0.39, 0.29) is 11.5 Å². The molecule has 1 fully saturated rings. The second kappa shape index (κ2) is 14.1. The Morgan fingerprint density at radius 1 is 0.810 bits per heavy atom. The average molecular weight is 592 g/mol. The fourth-order valence-electron chi connectivity index (χ4n) is 3.94. The highest BCUT2D eigenvalue weighted by atomic mass is 32.2. The molecule has 0 spiro atoms. The van der Waals surface area contributed by atoms with Crippen molar-refractivity contribution in [2.24, 2.45) is 0 Å². The number of anilines is 2. The average Bonchev–Trinajstić information content (AvgIpc) is 3.24. The molecule has 4 amide bonds. The lowest BCUT2D eigenvalue weighted by molar-refractivity contribution is -0.127. The van der Waals surface area contributed by atoms with Crippen molar-refractivity contribution in [1.29, 1.82) is 0 Å². The summed E-state index contributed by atoms with van der Waals surface area (Å²) < 4.78 is 21.8. The van der Waals surface area contributed by atoms with E-state index in [9.17, 15) is 19.2 Å². The van der Waals surface area contributed by atoms with E-state index in [1.54, 1.807) is 60.7 Å². The van der Waals surface area contributed by atoms with Crippen LogP contribution < -0.4 is 29.6 Å². The first-order chi connectivity index (χ1) is 20.3. The second-order valence-corrected chi connectivity index (χ2v) is 9.69. The number of para-hydroxylation sites is 4. The summed E-state index contributed by atoms with van der Waals surface area (Å²) in [4.78, 5) is 51.6. The van der Waals surface area contributed by atoms with Gasteiger partial charge in [0.2, 0.25) is 5.91 Å². The molecular weight excluding hydrogens is 562 g/mol. The first kappa shape index (κ1) is 30.0. The van der Waals surface area contributed by atoms with Crippen LogP contribution in [-0.2, 0) is 14.4 Å². The van der Waals surface area contributed by atoms with E-state index in [2.05, 4.69) is 10.6 Å². The van der Waals surface area contributed by atoms with E-state index < -0.39 is 29.5 Å². The number of benzene rings is 3. The molecule has 2 N–H and O–H groups in total. The molecule has 4 rings (SSSR count). The number of nitrogens with one attached hydrogen (secondary N) is 2. The van der Waals surface area contributed by atoms with Gasteiger partial charge in [0.25, 0.3) is 17.1 Å². The molecule has 0 atom stereocenters. The summed E-state index contributed by atoms with van der Waals surface area (Å²) in [5.74, 6) is 0.105. The first-order valence-corrected chi connectivity index (χ1v) is 13.6. The topological polar surface area (TPSA) is 132 Å². The van der Waals surface area contributed by atoms with Crippen molar-refractivity contribution < 1.29 is 38.1 Å². The number of hydrogen-bond donors (Lipinski definition) is 2. The van der Waals surface area contributed by atoms with Crippen molar-refractivity contribution in [2.45, 2.75) is 6.92 Å². The molecule has 218 valence electrons. The summed E-state index contributed by atoms with van der Waals surface area (Å²) in [5, 5.41) is 4.85. The van der Waals surface area contributed by atoms with Crippen LogP contribution in [0.3, 0.4) is 0 Å². The Morgan fingerprint density at radius 2 is 1.45 bits per heavy atom. The Balaban J connectivity index is 1.38. The number of carbonyl (C=O) groups is 4. The SMILES string of the molecule is CCOc1ccccc1NC(=O)COc1ccc(/C=C2/SC(=O)N(CC(=O)Nc3ccccc3OC)C2=O)cc1OC. The van der Waals surface area contributed by atoms with Gasteiger partial charge in [0.1, 0.15) is 18.0 Å². The molecule has 0 aromatic heterocycles. The van der Waals surface area contributed by atoms with Gasteiger partial charge in [0.05, 0.1) is 37.1 Å². The number of ether oxygens (including phenoxy) is 4. The van der Waals surface area contributed by atoms with Crippen molar-refractivity contribution in [3.8, 4) is 23.0 Å². The Hall–Kier alpha value is -4.97. The number of carbonyl (C=O) groups excluding carboxylic acids is 4. The molecule has 1 heterocycles. The molecule has 0 aliphatic carbocycles. The van der Waals surface area contributed by atoms with Gasteiger partial charge in [-0.15, -0.1) is 0 Å². The molecule has 1 aliphatic rings. The van der Waals surface area contributed by atoms with Crippen LogP contribution in [0.15, 0.2) is 71.6 Å². The summed E-state index contributed by atoms with van der Waals surface area (Å²) in [5.41, 5.74) is 1.51. The van der Waals surface area contributed by atoms with Crippen LogP contribution in [0.5, 0.6) is 23.0 Å². The normalized spacial score (nSPS) is 13.6. The maximum absolute atomic E-state index is 12.9. The minimum atomic E-state index is -0.594. The molecule has 0 unspecified atom stereocenters. The van der Waals surface area contributed by atoms with Gasteiger partial charge in [-0.2, -0.15) is 0 Å². The first-order valence-electron chi connectivity index (χ1n) is 12.8. The number of methoxy groups -OCH3 is 2. The van der Waals surface area contributed by atoms with Crippen molar-refractivity contribution in [3.05, 3.63) is 77.2 Å². The number of nitrogens with zero attached hydrogens (tertiary/aromatic N) is 1. The third-order valence-corrected chi connectivity index (χ3v) is 6.77. The van der Waals surface area contributed by atoms with Crippen LogP contribution in [0.1, 0.15) is 12.5 Å². The Kier molecular flexibility index (Phi) is 10.1. The van der Waals surface area contributed by atoms with Crippen LogP contribution in [0, 0.1) is 0 Å². The largest absolute Gasteiger partial charge is 0.495 e. The molecule has 0 saturated carbocycles. The van der Waals surface area contributed by atoms with Crippen LogP contribution in [0.4, 0.5) is 16.2 Å². The molecule has 0 bridgehead atoms. The third-order valence-electron chi connectivity index (χ3n) is 5.86. The van der Waals surface area contributed by atoms with Gasteiger partial charge in [0, 0.05) is 0 Å². The van der Waals surface area contributed by atoms with Crippen LogP contribution in [0.2, 0.25) is 0 Å². The highest BCUT2D eigenvalue weighted by Crippen LogP contribution is 2.35. The van der Waals surface area contributed by atoms with Crippen molar-refractivity contribution in [1.82, 2.24) is 4.90 Å². The third kappa shape index (κ3) is 7.40. The minimum Gasteiger partial charge on any atom is -0.495 e. The zero-order valence-corrected chi connectivity index (χ0v) is 24.0. The van der Waals surface area contributed by atoms with E-state index in [1.165, 1.54) is 20.3 Å². The zero-order valence-electron chi connectivity index (χ0n) is 23.2. The molecule has 42 heavy (non-hydrogen) atoms. The van der Waals surface area contributed by atoms with Crippen LogP contribution >= 0.6 is 11.8 Å². The lowest BCUT2D eigenvalue weighted by Gasteiger charge is -2.14. The smallest absolute Gasteiger partial charge is 0.294 e. The Labute approximate surface area is 246 Å². The van der Waals surface area contributed by atoms with Gasteiger partial charge in [-0.3, -0.25) is 24.1 Å². The molecule has 1 aliphatic heterocycles. The van der Waals surface area contributed by atoms with Gasteiger partial charge in [-0.05, 0) is 66.7 Å². The monoisotopic (exact) mass is 591 g/mol. The lowest BCUT2D eigenvalue weighted by atomic mass is 10.2. The fraction of sp³-hybridized carbons (Fsp3) is 0.200. The van der Waals surface area contributed by atoms with Gasteiger partial charge < -0.3 is 29.6 Å². The second-order valence-electron chi connectivity index (χ2n) is 8.69. The molecule has 12 heteroatoms. The van der Waals surface area contributed by atoms with Gasteiger partial charge in [-0.25, -0.2) is 0 Å². The van der Waals surface area contributed by atoms with Crippen molar-refractivity contribution in [3.63, 3.8) is 0 Å². The Bertz CT molecular complexity index is 1520. The number of amides is 4. The van der Waals surface area contributed by atoms with Crippen molar-refractivity contribution in [2.75, 3.05) is 44.6 Å². The minimum absolute atomic E-state index is 0.146. The van der Waals surface area contributed by atoms with Crippen LogP contribution in [0.25, 0.3) is 6.08 Å². The van der Waals surface area contributed by atoms with Gasteiger partial charge >= 0.3 is 0 Å².